The predicted octanol–water partition coefficient (Wildman–Crippen LogP) is 4.29. The van der Waals surface area contributed by atoms with Crippen LogP contribution in [0.5, 0.6) is 0 Å². The van der Waals surface area contributed by atoms with E-state index in [2.05, 4.69) is 21.2 Å². The van der Waals surface area contributed by atoms with Gasteiger partial charge in [0.25, 0.3) is 0 Å². The van der Waals surface area contributed by atoms with Crippen molar-refractivity contribution in [3.8, 4) is 0 Å². The molecule has 2 rings (SSSR count). The van der Waals surface area contributed by atoms with E-state index < -0.39 is 11.6 Å². The summed E-state index contributed by atoms with van der Waals surface area (Å²) in [6, 6.07) is 5.78. The van der Waals surface area contributed by atoms with Crippen molar-refractivity contribution in [1.82, 2.24) is 5.32 Å². The van der Waals surface area contributed by atoms with E-state index in [0.717, 1.165) is 9.35 Å². The number of benzene rings is 1. The van der Waals surface area contributed by atoms with Crippen molar-refractivity contribution >= 4 is 27.3 Å². The van der Waals surface area contributed by atoms with Gasteiger partial charge in [-0.25, -0.2) is 8.78 Å². The predicted molar refractivity (Wildman–Crippen MR) is 73.9 cm³/mol. The molecule has 1 aromatic heterocycles. The Morgan fingerprint density at radius 3 is 2.44 bits per heavy atom. The molecule has 1 heterocycles. The molecule has 1 atom stereocenters. The number of nitrogens with one attached hydrogen (secondary N) is 1. The Morgan fingerprint density at radius 2 is 1.94 bits per heavy atom. The van der Waals surface area contributed by atoms with E-state index in [0.29, 0.717) is 0 Å². The lowest BCUT2D eigenvalue weighted by Gasteiger charge is -2.16. The average molecular weight is 332 g/mol. The second-order valence-corrected chi connectivity index (χ2v) is 5.68. The van der Waals surface area contributed by atoms with Gasteiger partial charge in [-0.05, 0) is 53.0 Å². The number of hydrogen-bond acceptors (Lipinski definition) is 2. The van der Waals surface area contributed by atoms with Gasteiger partial charge in [0.05, 0.1) is 0 Å². The maximum Gasteiger partial charge on any atom is 0.129 e. The molecule has 0 saturated carbocycles. The fourth-order valence-corrected chi connectivity index (χ4v) is 3.57. The van der Waals surface area contributed by atoms with Crippen LogP contribution in [-0.2, 0) is 6.42 Å². The van der Waals surface area contributed by atoms with Gasteiger partial charge in [0.1, 0.15) is 11.6 Å². The lowest BCUT2D eigenvalue weighted by molar-refractivity contribution is 0.518. The van der Waals surface area contributed by atoms with Gasteiger partial charge in [0.2, 0.25) is 0 Å². The van der Waals surface area contributed by atoms with Crippen LogP contribution in [0.1, 0.15) is 16.5 Å². The van der Waals surface area contributed by atoms with Crippen molar-refractivity contribution in [2.45, 2.75) is 12.5 Å². The molecular formula is C13H12BrF2NS. The normalized spacial score (nSPS) is 12.7. The van der Waals surface area contributed by atoms with Crippen LogP contribution in [-0.4, -0.2) is 7.05 Å². The van der Waals surface area contributed by atoms with Crippen LogP contribution in [0, 0.1) is 11.6 Å². The van der Waals surface area contributed by atoms with Crippen molar-refractivity contribution in [3.63, 3.8) is 0 Å². The van der Waals surface area contributed by atoms with Crippen LogP contribution >= 0.6 is 27.3 Å². The standard InChI is InChI=1S/C13H12BrF2NS/c1-17-12(13-9(14)5-6-18-13)7-8-10(15)3-2-4-11(8)16/h2-6,12,17H,7H2,1H3. The van der Waals surface area contributed by atoms with Gasteiger partial charge in [-0.15, -0.1) is 11.3 Å². The van der Waals surface area contributed by atoms with Crippen LogP contribution in [0.25, 0.3) is 0 Å². The summed E-state index contributed by atoms with van der Waals surface area (Å²) in [6.45, 7) is 0. The quantitative estimate of drug-likeness (QED) is 0.881. The third-order valence-electron chi connectivity index (χ3n) is 2.78. The number of hydrogen-bond donors (Lipinski definition) is 1. The van der Waals surface area contributed by atoms with E-state index in [1.807, 2.05) is 11.4 Å². The van der Waals surface area contributed by atoms with E-state index in [-0.39, 0.29) is 18.0 Å². The van der Waals surface area contributed by atoms with Crippen LogP contribution in [0.3, 0.4) is 0 Å². The Labute approximate surface area is 117 Å². The first kappa shape index (κ1) is 13.6. The molecule has 0 bridgehead atoms. The molecule has 0 aliphatic heterocycles. The van der Waals surface area contributed by atoms with Crippen LogP contribution in [0.15, 0.2) is 34.1 Å². The summed E-state index contributed by atoms with van der Waals surface area (Å²) >= 11 is 5.00. The van der Waals surface area contributed by atoms with Crippen molar-refractivity contribution in [1.29, 1.82) is 0 Å². The largest absolute Gasteiger partial charge is 0.312 e. The van der Waals surface area contributed by atoms with Gasteiger partial charge >= 0.3 is 0 Å². The molecular weight excluding hydrogens is 320 g/mol. The first-order valence-corrected chi connectivity index (χ1v) is 7.13. The zero-order chi connectivity index (χ0) is 13.1. The highest BCUT2D eigenvalue weighted by molar-refractivity contribution is 9.10. The molecule has 96 valence electrons. The van der Waals surface area contributed by atoms with Gasteiger partial charge in [-0.2, -0.15) is 0 Å². The molecule has 0 aliphatic rings. The first-order chi connectivity index (χ1) is 8.63. The van der Waals surface area contributed by atoms with E-state index in [4.69, 9.17) is 0 Å². The minimum Gasteiger partial charge on any atom is -0.312 e. The van der Waals surface area contributed by atoms with Crippen LogP contribution in [0.4, 0.5) is 8.78 Å². The molecule has 18 heavy (non-hydrogen) atoms. The van der Waals surface area contributed by atoms with Crippen molar-refractivity contribution in [2.75, 3.05) is 7.05 Å². The Bertz CT molecular complexity index is 521. The number of halogens is 3. The molecule has 2 aromatic rings. The highest BCUT2D eigenvalue weighted by atomic mass is 79.9. The van der Waals surface area contributed by atoms with Gasteiger partial charge in [-0.3, -0.25) is 0 Å². The Kier molecular flexibility index (Phi) is 4.48. The molecule has 0 saturated heterocycles. The van der Waals surface area contributed by atoms with E-state index in [9.17, 15) is 8.78 Å². The van der Waals surface area contributed by atoms with E-state index in [1.165, 1.54) is 18.2 Å². The molecule has 1 aromatic carbocycles. The summed E-state index contributed by atoms with van der Waals surface area (Å²) in [5.41, 5.74) is 0.122. The number of thiophene rings is 1. The summed E-state index contributed by atoms with van der Waals surface area (Å²) in [4.78, 5) is 1.04. The fraction of sp³-hybridized carbons (Fsp3) is 0.231. The summed E-state index contributed by atoms with van der Waals surface area (Å²) in [7, 11) is 1.79. The number of likely N-dealkylation sites (N-methyl/N-ethyl adjacent to an activating group) is 1. The van der Waals surface area contributed by atoms with Crippen molar-refractivity contribution < 1.29 is 8.78 Å². The lowest BCUT2D eigenvalue weighted by Crippen LogP contribution is -2.19. The minimum atomic E-state index is -0.497. The Morgan fingerprint density at radius 1 is 1.28 bits per heavy atom. The summed E-state index contributed by atoms with van der Waals surface area (Å²) < 4.78 is 28.2. The summed E-state index contributed by atoms with van der Waals surface area (Å²) in [5.74, 6) is -0.995. The summed E-state index contributed by atoms with van der Waals surface area (Å²) in [5, 5.41) is 5.04. The van der Waals surface area contributed by atoms with Crippen molar-refractivity contribution in [3.05, 3.63) is 56.2 Å². The van der Waals surface area contributed by atoms with E-state index >= 15 is 0 Å². The van der Waals surface area contributed by atoms with Gasteiger partial charge in [0.15, 0.2) is 0 Å². The third kappa shape index (κ3) is 2.79. The molecule has 0 spiro atoms. The van der Waals surface area contributed by atoms with Gasteiger partial charge in [-0.1, -0.05) is 6.07 Å². The molecule has 1 N–H and O–H groups in total. The number of rotatable bonds is 4. The highest BCUT2D eigenvalue weighted by Crippen LogP contribution is 2.31. The average Bonchev–Trinajstić information content (AvgIpc) is 2.76. The third-order valence-corrected chi connectivity index (χ3v) is 4.76. The molecule has 5 heteroatoms. The highest BCUT2D eigenvalue weighted by Gasteiger charge is 2.18. The molecule has 0 fully saturated rings. The zero-order valence-electron chi connectivity index (χ0n) is 9.71. The summed E-state index contributed by atoms with van der Waals surface area (Å²) in [6.07, 6.45) is 0.286. The maximum atomic E-state index is 13.6. The maximum absolute atomic E-state index is 13.6. The van der Waals surface area contributed by atoms with Crippen LogP contribution < -0.4 is 5.32 Å². The fourth-order valence-electron chi connectivity index (χ4n) is 1.81. The Balaban J connectivity index is 2.29. The molecule has 0 aliphatic carbocycles. The van der Waals surface area contributed by atoms with Gasteiger partial charge in [0, 0.05) is 21.0 Å². The molecule has 0 radical (unpaired) electrons. The molecule has 0 amide bonds. The molecule has 1 nitrogen and oxygen atoms in total. The SMILES string of the molecule is CNC(Cc1c(F)cccc1F)c1sccc1Br. The van der Waals surface area contributed by atoms with Gasteiger partial charge < -0.3 is 5.32 Å². The van der Waals surface area contributed by atoms with Crippen molar-refractivity contribution in [2.24, 2.45) is 0 Å². The monoisotopic (exact) mass is 331 g/mol. The second-order valence-electron chi connectivity index (χ2n) is 3.88. The minimum absolute atomic E-state index is 0.106. The zero-order valence-corrected chi connectivity index (χ0v) is 12.1. The lowest BCUT2D eigenvalue weighted by atomic mass is 10.0. The molecule has 1 unspecified atom stereocenters. The van der Waals surface area contributed by atoms with E-state index in [1.54, 1.807) is 18.4 Å². The first-order valence-electron chi connectivity index (χ1n) is 5.46. The smallest absolute Gasteiger partial charge is 0.129 e. The Hall–Kier alpha value is -0.780. The van der Waals surface area contributed by atoms with Crippen LogP contribution in [0.2, 0.25) is 0 Å². The second kappa shape index (κ2) is 5.91. The topological polar surface area (TPSA) is 12.0 Å².